The van der Waals surface area contributed by atoms with Gasteiger partial charge in [-0.3, -0.25) is 4.79 Å². The summed E-state index contributed by atoms with van der Waals surface area (Å²) >= 11 is 5.96. The van der Waals surface area contributed by atoms with Crippen LogP contribution in [0.25, 0.3) is 6.08 Å². The predicted octanol–water partition coefficient (Wildman–Crippen LogP) is 4.92. The highest BCUT2D eigenvalue weighted by atomic mass is 35.5. The normalized spacial score (nSPS) is 14.2. The van der Waals surface area contributed by atoms with E-state index in [4.69, 9.17) is 11.6 Å². The molecule has 1 amide bonds. The molecule has 0 aliphatic rings. The van der Waals surface area contributed by atoms with Gasteiger partial charge in [-0.25, -0.2) is 4.39 Å². The first-order valence-electron chi connectivity index (χ1n) is 7.36. The van der Waals surface area contributed by atoms with E-state index in [-0.39, 0.29) is 23.6 Å². The van der Waals surface area contributed by atoms with Gasteiger partial charge in [-0.2, -0.15) is 0 Å². The molecule has 21 heavy (non-hydrogen) atoms. The Labute approximate surface area is 131 Å². The molecule has 0 aliphatic carbocycles. The topological polar surface area (TPSA) is 20.3 Å². The maximum absolute atomic E-state index is 13.7. The lowest BCUT2D eigenvalue weighted by Crippen LogP contribution is -2.43. The van der Waals surface area contributed by atoms with Crippen LogP contribution in [0.5, 0.6) is 0 Å². The fourth-order valence-corrected chi connectivity index (χ4v) is 2.40. The Balaban J connectivity index is 2.98. The highest BCUT2D eigenvalue weighted by Gasteiger charge is 2.21. The van der Waals surface area contributed by atoms with E-state index in [2.05, 4.69) is 0 Å². The lowest BCUT2D eigenvalue weighted by atomic mass is 10.1. The molecule has 0 radical (unpaired) electrons. The van der Waals surface area contributed by atoms with E-state index in [9.17, 15) is 9.18 Å². The van der Waals surface area contributed by atoms with Gasteiger partial charge in [0.05, 0.1) is 5.02 Å². The second kappa shape index (κ2) is 8.18. The number of benzene rings is 1. The van der Waals surface area contributed by atoms with Crippen molar-refractivity contribution in [2.45, 2.75) is 52.6 Å². The molecule has 2 atom stereocenters. The number of rotatable bonds is 6. The van der Waals surface area contributed by atoms with Crippen LogP contribution in [0.4, 0.5) is 4.39 Å². The molecule has 0 heterocycles. The summed E-state index contributed by atoms with van der Waals surface area (Å²) in [6.07, 6.45) is 4.62. The molecule has 0 spiro atoms. The van der Waals surface area contributed by atoms with Gasteiger partial charge >= 0.3 is 0 Å². The number of hydrogen-bond acceptors (Lipinski definition) is 1. The molecule has 2 unspecified atom stereocenters. The second-order valence-corrected chi connectivity index (χ2v) is 5.64. The third kappa shape index (κ3) is 4.57. The molecule has 4 heteroatoms. The van der Waals surface area contributed by atoms with Crippen molar-refractivity contribution < 1.29 is 9.18 Å². The Hall–Kier alpha value is -1.35. The van der Waals surface area contributed by atoms with E-state index >= 15 is 0 Å². The highest BCUT2D eigenvalue weighted by Crippen LogP contribution is 2.21. The predicted molar refractivity (Wildman–Crippen MR) is 86.8 cm³/mol. The van der Waals surface area contributed by atoms with Crippen LogP contribution in [0.3, 0.4) is 0 Å². The standard InChI is InChI=1S/C17H23ClFNO/c1-5-12(3)20(13(4)6-2)17(21)11-10-14-15(18)8-7-9-16(14)19/h7-13H,5-6H2,1-4H3. The van der Waals surface area contributed by atoms with Crippen molar-refractivity contribution in [3.05, 3.63) is 40.7 Å². The van der Waals surface area contributed by atoms with Crippen LogP contribution in [0.1, 0.15) is 46.1 Å². The van der Waals surface area contributed by atoms with Crippen LogP contribution < -0.4 is 0 Å². The summed E-state index contributed by atoms with van der Waals surface area (Å²) < 4.78 is 13.7. The minimum Gasteiger partial charge on any atom is -0.334 e. The second-order valence-electron chi connectivity index (χ2n) is 5.23. The minimum atomic E-state index is -0.426. The molecule has 0 saturated carbocycles. The zero-order valence-corrected chi connectivity index (χ0v) is 13.8. The van der Waals surface area contributed by atoms with Crippen molar-refractivity contribution in [1.29, 1.82) is 0 Å². The van der Waals surface area contributed by atoms with E-state index in [1.165, 1.54) is 18.2 Å². The SMILES string of the molecule is CCC(C)N(C(=O)C=Cc1c(F)cccc1Cl)C(C)CC. The summed E-state index contributed by atoms with van der Waals surface area (Å²) in [6.45, 7) is 8.14. The molecule has 1 rings (SSSR count). The fourth-order valence-electron chi connectivity index (χ4n) is 2.17. The Morgan fingerprint density at radius 2 is 1.86 bits per heavy atom. The van der Waals surface area contributed by atoms with E-state index in [1.807, 2.05) is 32.6 Å². The van der Waals surface area contributed by atoms with Gasteiger partial charge in [0.2, 0.25) is 5.91 Å². The van der Waals surface area contributed by atoms with Gasteiger partial charge in [-0.05, 0) is 44.9 Å². The monoisotopic (exact) mass is 311 g/mol. The molecule has 0 N–H and O–H groups in total. The van der Waals surface area contributed by atoms with Crippen molar-refractivity contribution in [3.63, 3.8) is 0 Å². The minimum absolute atomic E-state index is 0.113. The first kappa shape index (κ1) is 17.7. The molecule has 0 saturated heterocycles. The van der Waals surface area contributed by atoms with Crippen LogP contribution in [0.2, 0.25) is 5.02 Å². The van der Waals surface area contributed by atoms with Crippen LogP contribution in [-0.2, 0) is 4.79 Å². The molecule has 0 aliphatic heterocycles. The van der Waals surface area contributed by atoms with Gasteiger partial charge in [0.15, 0.2) is 0 Å². The van der Waals surface area contributed by atoms with Crippen molar-refractivity contribution in [2.75, 3.05) is 0 Å². The van der Waals surface area contributed by atoms with E-state index in [0.717, 1.165) is 12.8 Å². The maximum atomic E-state index is 13.7. The maximum Gasteiger partial charge on any atom is 0.247 e. The number of amides is 1. The average Bonchev–Trinajstić information content (AvgIpc) is 2.46. The summed E-state index contributed by atoms with van der Waals surface area (Å²) in [6, 6.07) is 4.77. The lowest BCUT2D eigenvalue weighted by Gasteiger charge is -2.33. The third-order valence-electron chi connectivity index (χ3n) is 3.78. The summed E-state index contributed by atoms with van der Waals surface area (Å²) in [4.78, 5) is 14.3. The van der Waals surface area contributed by atoms with Crippen molar-refractivity contribution in [2.24, 2.45) is 0 Å². The number of carbonyl (C=O) groups is 1. The number of halogens is 2. The van der Waals surface area contributed by atoms with Crippen molar-refractivity contribution in [1.82, 2.24) is 4.90 Å². The molecule has 0 fully saturated rings. The molecule has 0 bridgehead atoms. The molecule has 1 aromatic rings. The average molecular weight is 312 g/mol. The largest absolute Gasteiger partial charge is 0.334 e. The Morgan fingerprint density at radius 1 is 1.29 bits per heavy atom. The van der Waals surface area contributed by atoms with E-state index < -0.39 is 5.82 Å². The van der Waals surface area contributed by atoms with Crippen LogP contribution >= 0.6 is 11.6 Å². The zero-order valence-electron chi connectivity index (χ0n) is 13.1. The van der Waals surface area contributed by atoms with Gasteiger partial charge in [0.25, 0.3) is 0 Å². The smallest absolute Gasteiger partial charge is 0.247 e. The molecule has 116 valence electrons. The number of nitrogens with zero attached hydrogens (tertiary/aromatic N) is 1. The van der Waals surface area contributed by atoms with Gasteiger partial charge in [-0.1, -0.05) is 31.5 Å². The van der Waals surface area contributed by atoms with Crippen LogP contribution in [-0.4, -0.2) is 22.9 Å². The van der Waals surface area contributed by atoms with Crippen molar-refractivity contribution in [3.8, 4) is 0 Å². The Morgan fingerprint density at radius 3 is 2.33 bits per heavy atom. The third-order valence-corrected chi connectivity index (χ3v) is 4.11. The molecule has 2 nitrogen and oxygen atoms in total. The van der Waals surface area contributed by atoms with Crippen LogP contribution in [0, 0.1) is 5.82 Å². The zero-order chi connectivity index (χ0) is 16.0. The van der Waals surface area contributed by atoms with E-state index in [1.54, 1.807) is 12.1 Å². The first-order valence-corrected chi connectivity index (χ1v) is 7.74. The van der Waals surface area contributed by atoms with Crippen molar-refractivity contribution >= 4 is 23.6 Å². The summed E-state index contributed by atoms with van der Waals surface area (Å²) in [5, 5.41) is 0.303. The van der Waals surface area contributed by atoms with E-state index in [0.29, 0.717) is 5.02 Å². The highest BCUT2D eigenvalue weighted by molar-refractivity contribution is 6.32. The molecule has 1 aromatic carbocycles. The Bertz CT molecular complexity index is 485. The van der Waals surface area contributed by atoms with Gasteiger partial charge in [0.1, 0.15) is 5.82 Å². The number of carbonyl (C=O) groups excluding carboxylic acids is 1. The number of hydrogen-bond donors (Lipinski definition) is 0. The molecule has 0 aromatic heterocycles. The fraction of sp³-hybridized carbons (Fsp3) is 0.471. The van der Waals surface area contributed by atoms with Gasteiger partial charge in [0, 0.05) is 23.7 Å². The lowest BCUT2D eigenvalue weighted by molar-refractivity contribution is -0.130. The first-order chi connectivity index (χ1) is 9.92. The van der Waals surface area contributed by atoms with Gasteiger partial charge < -0.3 is 4.90 Å². The summed E-state index contributed by atoms with van der Waals surface area (Å²) in [5.41, 5.74) is 0.251. The summed E-state index contributed by atoms with van der Waals surface area (Å²) in [5.74, 6) is -0.539. The van der Waals surface area contributed by atoms with Gasteiger partial charge in [-0.15, -0.1) is 0 Å². The Kier molecular flexibility index (Phi) is 6.90. The molecular formula is C17H23ClFNO. The molecular weight excluding hydrogens is 289 g/mol. The quantitative estimate of drug-likeness (QED) is 0.683. The summed E-state index contributed by atoms with van der Waals surface area (Å²) in [7, 11) is 0. The van der Waals surface area contributed by atoms with Crippen LogP contribution in [0.15, 0.2) is 24.3 Å².